The van der Waals surface area contributed by atoms with Gasteiger partial charge in [0.2, 0.25) is 10.0 Å². The fourth-order valence-electron chi connectivity index (χ4n) is 6.50. The zero-order valence-corrected chi connectivity index (χ0v) is 27.3. The third kappa shape index (κ3) is 6.14. The van der Waals surface area contributed by atoms with Gasteiger partial charge >= 0.3 is 5.97 Å². The maximum Gasteiger partial charge on any atom is 0.359 e. The first kappa shape index (κ1) is 31.8. The van der Waals surface area contributed by atoms with Gasteiger partial charge in [-0.2, -0.15) is 9.40 Å². The standard InChI is InChI=1S/C34H36N6O7S/c1-2-46-34(41)33-32-31(36-39(33)25-12-14-26(15-13-25)47-27-7-5-6-24(22-27)23-10-11-23)29(16-17-35-32)37-18-20-38(21-19-37)48(44,45)30-9-4-3-8-28(30)40(42)43/h3-9,12-15,22-23,29,35H,2,10-11,16-21H2,1H3/t29-/m1/s1. The number of carbonyl (C=O) groups is 1. The first-order valence-electron chi connectivity index (χ1n) is 16.1. The van der Waals surface area contributed by atoms with Crippen LogP contribution in [-0.2, 0) is 14.8 Å². The van der Waals surface area contributed by atoms with E-state index in [0.29, 0.717) is 60.5 Å². The highest BCUT2D eigenvalue weighted by atomic mass is 32.2. The predicted octanol–water partition coefficient (Wildman–Crippen LogP) is 5.49. The van der Waals surface area contributed by atoms with Gasteiger partial charge in [-0.05, 0) is 80.1 Å². The number of ether oxygens (including phenoxy) is 2. The number of hydrogen-bond donors (Lipinski definition) is 1. The van der Waals surface area contributed by atoms with Gasteiger partial charge in [-0.1, -0.05) is 24.3 Å². The van der Waals surface area contributed by atoms with Crippen molar-refractivity contribution in [2.24, 2.45) is 0 Å². The highest BCUT2D eigenvalue weighted by molar-refractivity contribution is 7.89. The molecule has 0 bridgehead atoms. The summed E-state index contributed by atoms with van der Waals surface area (Å²) in [5.41, 5.74) is 3.07. The topological polar surface area (TPSA) is 149 Å². The predicted molar refractivity (Wildman–Crippen MR) is 177 cm³/mol. The number of fused-ring (bicyclic) bond motifs is 1. The Balaban J connectivity index is 1.13. The Morgan fingerprint density at radius 1 is 0.979 bits per heavy atom. The van der Waals surface area contributed by atoms with Crippen molar-refractivity contribution in [3.8, 4) is 17.2 Å². The second-order valence-corrected chi connectivity index (χ2v) is 14.0. The highest BCUT2D eigenvalue weighted by Crippen LogP contribution is 2.42. The van der Waals surface area contributed by atoms with Gasteiger partial charge in [0.1, 0.15) is 17.2 Å². The van der Waals surface area contributed by atoms with Crippen molar-refractivity contribution in [2.75, 3.05) is 44.6 Å². The van der Waals surface area contributed by atoms with Gasteiger partial charge in [-0.15, -0.1) is 0 Å². The van der Waals surface area contributed by atoms with E-state index >= 15 is 0 Å². The molecule has 7 rings (SSSR count). The zero-order chi connectivity index (χ0) is 33.4. The van der Waals surface area contributed by atoms with Crippen molar-refractivity contribution in [1.29, 1.82) is 0 Å². The Hall–Kier alpha value is -4.79. The van der Waals surface area contributed by atoms with Gasteiger partial charge in [-0.25, -0.2) is 17.9 Å². The summed E-state index contributed by atoms with van der Waals surface area (Å²) in [5.74, 6) is 1.55. The lowest BCUT2D eigenvalue weighted by atomic mass is 10.0. The van der Waals surface area contributed by atoms with Crippen LogP contribution >= 0.6 is 0 Å². The van der Waals surface area contributed by atoms with Crippen LogP contribution in [0.4, 0.5) is 11.4 Å². The smallest absolute Gasteiger partial charge is 0.359 e. The molecule has 2 fully saturated rings. The van der Waals surface area contributed by atoms with Crippen molar-refractivity contribution in [1.82, 2.24) is 19.0 Å². The molecule has 0 amide bonds. The molecular formula is C34H36N6O7S. The molecule has 3 aliphatic rings. The number of esters is 1. The molecule has 1 N–H and O–H groups in total. The number of sulfonamides is 1. The number of hydrogen-bond acceptors (Lipinski definition) is 10. The average molecular weight is 673 g/mol. The summed E-state index contributed by atoms with van der Waals surface area (Å²) < 4.78 is 41.3. The molecule has 2 aliphatic heterocycles. The second-order valence-electron chi connectivity index (χ2n) is 12.1. The van der Waals surface area contributed by atoms with E-state index in [4.69, 9.17) is 14.6 Å². The van der Waals surface area contributed by atoms with Crippen LogP contribution in [0.15, 0.2) is 77.7 Å². The Kier molecular flexibility index (Phi) is 8.62. The molecule has 1 saturated carbocycles. The van der Waals surface area contributed by atoms with Gasteiger partial charge in [0, 0.05) is 38.8 Å². The van der Waals surface area contributed by atoms with Crippen LogP contribution in [0.3, 0.4) is 0 Å². The van der Waals surface area contributed by atoms with Crippen molar-refractivity contribution >= 4 is 27.4 Å². The summed E-state index contributed by atoms with van der Waals surface area (Å²) in [6, 6.07) is 20.8. The number of para-hydroxylation sites is 1. The lowest BCUT2D eigenvalue weighted by Crippen LogP contribution is -2.50. The van der Waals surface area contributed by atoms with Crippen LogP contribution in [0.1, 0.15) is 59.9 Å². The van der Waals surface area contributed by atoms with E-state index in [-0.39, 0.29) is 30.6 Å². The van der Waals surface area contributed by atoms with Crippen molar-refractivity contribution in [3.63, 3.8) is 0 Å². The number of anilines is 1. The third-order valence-corrected chi connectivity index (χ3v) is 11.0. The molecule has 13 nitrogen and oxygen atoms in total. The number of nitrogens with one attached hydrogen (secondary N) is 1. The molecule has 3 heterocycles. The largest absolute Gasteiger partial charge is 0.461 e. The number of rotatable bonds is 10. The van der Waals surface area contributed by atoms with Crippen LogP contribution in [-0.4, -0.2) is 77.6 Å². The number of nitro benzene ring substituents is 1. The van der Waals surface area contributed by atoms with E-state index in [9.17, 15) is 23.3 Å². The minimum absolute atomic E-state index is 0.157. The highest BCUT2D eigenvalue weighted by Gasteiger charge is 2.39. The molecular weight excluding hydrogens is 636 g/mol. The summed E-state index contributed by atoms with van der Waals surface area (Å²) >= 11 is 0. The van der Waals surface area contributed by atoms with Gasteiger partial charge < -0.3 is 14.8 Å². The number of nitro groups is 1. The lowest BCUT2D eigenvalue weighted by molar-refractivity contribution is -0.387. The Morgan fingerprint density at radius 3 is 2.44 bits per heavy atom. The van der Waals surface area contributed by atoms with Crippen LogP contribution in [0, 0.1) is 10.1 Å². The van der Waals surface area contributed by atoms with Crippen molar-refractivity contribution in [2.45, 2.75) is 43.0 Å². The van der Waals surface area contributed by atoms with Crippen LogP contribution < -0.4 is 10.1 Å². The molecule has 0 spiro atoms. The first-order chi connectivity index (χ1) is 23.2. The maximum atomic E-state index is 13.4. The molecule has 0 radical (unpaired) electrons. The monoisotopic (exact) mass is 672 g/mol. The minimum atomic E-state index is -4.07. The third-order valence-electron chi connectivity index (χ3n) is 9.03. The quantitative estimate of drug-likeness (QED) is 0.130. The van der Waals surface area contributed by atoms with E-state index in [1.807, 2.05) is 36.4 Å². The Labute approximate surface area is 278 Å². The van der Waals surface area contributed by atoms with Crippen LogP contribution in [0.25, 0.3) is 5.69 Å². The fraction of sp³-hybridized carbons (Fsp3) is 0.353. The molecule has 1 aliphatic carbocycles. The molecule has 14 heteroatoms. The second kappa shape index (κ2) is 13.0. The lowest BCUT2D eigenvalue weighted by Gasteiger charge is -2.39. The molecule has 1 atom stereocenters. The summed E-state index contributed by atoms with van der Waals surface area (Å²) in [6.45, 7) is 3.62. The number of aromatic nitrogens is 2. The molecule has 3 aromatic carbocycles. The molecule has 0 unspecified atom stereocenters. The van der Waals surface area contributed by atoms with Gasteiger partial charge in [0.05, 0.1) is 28.9 Å². The van der Waals surface area contributed by atoms with E-state index < -0.39 is 26.6 Å². The molecule has 1 saturated heterocycles. The van der Waals surface area contributed by atoms with Crippen molar-refractivity contribution in [3.05, 3.63) is 99.9 Å². The van der Waals surface area contributed by atoms with E-state index in [2.05, 4.69) is 22.3 Å². The van der Waals surface area contributed by atoms with Crippen molar-refractivity contribution < 1.29 is 27.6 Å². The number of piperazine rings is 1. The number of benzene rings is 3. The number of carbonyl (C=O) groups excluding carboxylic acids is 1. The first-order valence-corrected chi connectivity index (χ1v) is 17.6. The van der Waals surface area contributed by atoms with E-state index in [1.54, 1.807) is 11.6 Å². The fourth-order valence-corrected chi connectivity index (χ4v) is 8.08. The van der Waals surface area contributed by atoms with E-state index in [0.717, 1.165) is 5.75 Å². The normalized spacial score (nSPS) is 18.5. The number of nitrogens with zero attached hydrogens (tertiary/aromatic N) is 5. The molecule has 1 aromatic heterocycles. The zero-order valence-electron chi connectivity index (χ0n) is 26.4. The maximum absolute atomic E-state index is 13.4. The molecule has 48 heavy (non-hydrogen) atoms. The van der Waals surface area contributed by atoms with E-state index in [1.165, 1.54) is 47.0 Å². The molecule has 250 valence electrons. The summed E-state index contributed by atoms with van der Waals surface area (Å²) in [6.07, 6.45) is 3.11. The SMILES string of the molecule is CCOC(=O)c1c2c(nn1-c1ccc(Oc3cccc(C4CC4)c3)cc1)[C@H](N1CCN(S(=O)(=O)c3ccccc3[N+](=O)[O-])CC1)CCN2. The molecule has 4 aromatic rings. The van der Waals surface area contributed by atoms with Crippen LogP contribution in [0.5, 0.6) is 11.5 Å². The Morgan fingerprint density at radius 2 is 1.73 bits per heavy atom. The average Bonchev–Trinajstić information content (AvgIpc) is 3.88. The van der Waals surface area contributed by atoms with Crippen LogP contribution in [0.2, 0.25) is 0 Å². The van der Waals surface area contributed by atoms with Gasteiger partial charge in [0.25, 0.3) is 5.69 Å². The Bertz CT molecular complexity index is 1950. The summed E-state index contributed by atoms with van der Waals surface area (Å²) in [5, 5.41) is 19.8. The van der Waals surface area contributed by atoms with Gasteiger partial charge in [0.15, 0.2) is 10.6 Å². The summed E-state index contributed by atoms with van der Waals surface area (Å²) in [4.78, 5) is 26.0. The van der Waals surface area contributed by atoms with Gasteiger partial charge in [-0.3, -0.25) is 15.0 Å². The summed E-state index contributed by atoms with van der Waals surface area (Å²) in [7, 11) is -4.07. The minimum Gasteiger partial charge on any atom is -0.461 e.